The monoisotopic (exact) mass is 402 g/mol. The van der Waals surface area contributed by atoms with Crippen LogP contribution in [0.25, 0.3) is 0 Å². The van der Waals surface area contributed by atoms with E-state index in [9.17, 15) is 0 Å². The van der Waals surface area contributed by atoms with E-state index in [1.807, 2.05) is 0 Å². The van der Waals surface area contributed by atoms with E-state index < -0.39 is 14.5 Å². The van der Waals surface area contributed by atoms with Crippen LogP contribution in [0.4, 0.5) is 0 Å². The summed E-state index contributed by atoms with van der Waals surface area (Å²) in [5, 5.41) is 0.635. The van der Waals surface area contributed by atoms with Gasteiger partial charge in [0.1, 0.15) is 0 Å². The van der Waals surface area contributed by atoms with Crippen molar-refractivity contribution in [3.05, 3.63) is 24.3 Å². The van der Waals surface area contributed by atoms with Crippen molar-refractivity contribution < 1.29 is 0 Å². The number of rotatable bonds is 2. The van der Waals surface area contributed by atoms with E-state index in [0.717, 1.165) is 41.2 Å². The molecule has 27 heavy (non-hydrogen) atoms. The number of hydrogen-bond donors (Lipinski definition) is 0. The molecule has 2 saturated carbocycles. The first kappa shape index (κ1) is 17.1. The molecule has 8 fully saturated rings. The van der Waals surface area contributed by atoms with Gasteiger partial charge in [0.05, 0.1) is 0 Å². The zero-order valence-electron chi connectivity index (χ0n) is 17.3. The molecule has 0 amide bonds. The zero-order chi connectivity index (χ0) is 17.9. The van der Waals surface area contributed by atoms with E-state index in [1.54, 1.807) is 75.5 Å². The SMILES string of the molecule is CC1([PH]23CC4CC(CC(C4)C2)C3)C=CC=CC1[PH]12CC3CC(CC(C3)C1)C2. The van der Waals surface area contributed by atoms with Crippen molar-refractivity contribution >= 4 is 14.5 Å². The van der Waals surface area contributed by atoms with Gasteiger partial charge in [0.2, 0.25) is 0 Å². The second-order valence-electron chi connectivity index (χ2n) is 13.0. The summed E-state index contributed by atoms with van der Waals surface area (Å²) >= 11 is 0. The summed E-state index contributed by atoms with van der Waals surface area (Å²) in [4.78, 5) is 0. The van der Waals surface area contributed by atoms with Crippen molar-refractivity contribution in [2.45, 2.75) is 56.3 Å². The van der Waals surface area contributed by atoms with Crippen LogP contribution in [0.3, 0.4) is 0 Å². The molecule has 0 nitrogen and oxygen atoms in total. The van der Waals surface area contributed by atoms with Gasteiger partial charge in [-0.2, -0.15) is 0 Å². The first-order valence-electron chi connectivity index (χ1n) is 12.4. The summed E-state index contributed by atoms with van der Waals surface area (Å²) in [6, 6.07) is 0. The van der Waals surface area contributed by atoms with Crippen LogP contribution < -0.4 is 0 Å². The van der Waals surface area contributed by atoms with Crippen LogP contribution in [0, 0.1) is 35.5 Å². The van der Waals surface area contributed by atoms with Crippen molar-refractivity contribution in [1.82, 2.24) is 0 Å². The van der Waals surface area contributed by atoms with Crippen molar-refractivity contribution in [2.75, 3.05) is 37.0 Å². The average molecular weight is 403 g/mol. The Morgan fingerprint density at radius 3 is 1.56 bits per heavy atom. The van der Waals surface area contributed by atoms with Gasteiger partial charge in [0, 0.05) is 0 Å². The molecule has 9 aliphatic rings. The van der Waals surface area contributed by atoms with Crippen LogP contribution in [-0.4, -0.2) is 47.8 Å². The first-order valence-corrected chi connectivity index (χ1v) is 17.7. The molecule has 3 aliphatic carbocycles. The molecular weight excluding hydrogens is 362 g/mol. The molecule has 6 heterocycles. The zero-order valence-corrected chi connectivity index (χ0v) is 19.3. The van der Waals surface area contributed by atoms with Crippen LogP contribution in [0.5, 0.6) is 0 Å². The van der Waals surface area contributed by atoms with Gasteiger partial charge in [-0.1, -0.05) is 0 Å². The van der Waals surface area contributed by atoms with Gasteiger partial charge in [-0.3, -0.25) is 0 Å². The molecule has 0 aromatic rings. The van der Waals surface area contributed by atoms with E-state index in [0.29, 0.717) is 5.16 Å². The molecule has 6 aliphatic heterocycles. The third kappa shape index (κ3) is 2.25. The van der Waals surface area contributed by atoms with E-state index >= 15 is 0 Å². The van der Waals surface area contributed by atoms with Gasteiger partial charge in [-0.25, -0.2) is 0 Å². The third-order valence-electron chi connectivity index (χ3n) is 11.4. The Kier molecular flexibility index (Phi) is 3.49. The molecule has 9 rings (SSSR count). The fraction of sp³-hybridized carbons (Fsp3) is 0.840. The van der Waals surface area contributed by atoms with Gasteiger partial charge >= 0.3 is 168 Å². The summed E-state index contributed by atoms with van der Waals surface area (Å²) < 4.78 is 0. The molecular formula is C25H40P2. The van der Waals surface area contributed by atoms with E-state index in [4.69, 9.17) is 0 Å². The topological polar surface area (TPSA) is 0 Å². The third-order valence-corrected chi connectivity index (χ3v) is 24.8. The van der Waals surface area contributed by atoms with Crippen LogP contribution in [0.1, 0.15) is 45.4 Å². The summed E-state index contributed by atoms with van der Waals surface area (Å²) in [5.41, 5.74) is 1.03. The van der Waals surface area contributed by atoms with Gasteiger partial charge in [0.15, 0.2) is 0 Å². The Balaban J connectivity index is 1.32. The van der Waals surface area contributed by atoms with Gasteiger partial charge in [-0.15, -0.1) is 0 Å². The van der Waals surface area contributed by atoms with Crippen molar-refractivity contribution in [3.63, 3.8) is 0 Å². The molecule has 150 valence electrons. The fourth-order valence-electron chi connectivity index (χ4n) is 11.4. The van der Waals surface area contributed by atoms with Crippen LogP contribution in [-0.2, 0) is 0 Å². The van der Waals surface area contributed by atoms with E-state index in [1.165, 1.54) is 0 Å². The minimum absolute atomic E-state index is 0.635. The Labute approximate surface area is 167 Å². The van der Waals surface area contributed by atoms with E-state index in [-0.39, 0.29) is 0 Å². The quantitative estimate of drug-likeness (QED) is 0.508. The molecule has 8 bridgehead atoms. The minimum atomic E-state index is -1.19. The van der Waals surface area contributed by atoms with Crippen molar-refractivity contribution in [1.29, 1.82) is 0 Å². The second-order valence-corrected chi connectivity index (χ2v) is 22.4. The van der Waals surface area contributed by atoms with Crippen molar-refractivity contribution in [3.8, 4) is 0 Å². The molecule has 0 N–H and O–H groups in total. The Bertz CT molecular complexity index is 647. The average Bonchev–Trinajstić information content (AvgIpc) is 2.59. The molecule has 2 unspecified atom stereocenters. The Morgan fingerprint density at radius 1 is 0.630 bits per heavy atom. The maximum absolute atomic E-state index is 2.85. The maximum atomic E-state index is 2.85. The number of allylic oxidation sites excluding steroid dienone is 4. The predicted octanol–water partition coefficient (Wildman–Crippen LogP) is 5.86. The molecule has 2 atom stereocenters. The Morgan fingerprint density at radius 2 is 1.07 bits per heavy atom. The first-order chi connectivity index (χ1) is 13.1. The molecule has 0 radical (unpaired) electrons. The summed E-state index contributed by atoms with van der Waals surface area (Å²) in [6.45, 7) is 2.85. The van der Waals surface area contributed by atoms with Gasteiger partial charge < -0.3 is 0 Å². The summed E-state index contributed by atoms with van der Waals surface area (Å²) in [6.07, 6.45) is 30.9. The molecule has 0 aromatic heterocycles. The predicted molar refractivity (Wildman–Crippen MR) is 125 cm³/mol. The van der Waals surface area contributed by atoms with Crippen molar-refractivity contribution in [2.24, 2.45) is 35.5 Å². The van der Waals surface area contributed by atoms with Crippen LogP contribution >= 0.6 is 14.5 Å². The molecule has 0 spiro atoms. The number of hydrogen-bond acceptors (Lipinski definition) is 0. The standard InChI is InChI=1S/C25H40P2/c1-25(27-15-21-9-22(16-27)11-23(10-21)17-27)5-3-2-4-24(25)26-12-18-6-19(13-26)8-20(7-18)14-26/h2-5,18-24,26-27H,6-17H2,1H3. The normalized spacial score (nSPS) is 57.7. The van der Waals surface area contributed by atoms with Gasteiger partial charge in [0.25, 0.3) is 0 Å². The summed E-state index contributed by atoms with van der Waals surface area (Å²) in [7, 11) is -2.32. The fourth-order valence-corrected chi connectivity index (χ4v) is 28.2. The molecule has 0 aromatic carbocycles. The molecule has 2 heteroatoms. The van der Waals surface area contributed by atoms with Gasteiger partial charge in [-0.05, 0) is 0 Å². The van der Waals surface area contributed by atoms with Crippen LogP contribution in [0.15, 0.2) is 24.3 Å². The van der Waals surface area contributed by atoms with E-state index in [2.05, 4.69) is 31.2 Å². The molecule has 6 saturated heterocycles. The second kappa shape index (κ2) is 5.52. The van der Waals surface area contributed by atoms with Crippen LogP contribution in [0.2, 0.25) is 0 Å². The Hall–Kier alpha value is 0.340. The summed E-state index contributed by atoms with van der Waals surface area (Å²) in [5.74, 6) is 6.92.